The summed E-state index contributed by atoms with van der Waals surface area (Å²) in [6, 6.07) is 10.9. The second-order valence-corrected chi connectivity index (χ2v) is 7.84. The third kappa shape index (κ3) is 7.97. The first kappa shape index (κ1) is 18.5. The molecular formula is C18H30O4Si. The van der Waals surface area contributed by atoms with Crippen LogP contribution in [0.1, 0.15) is 25.8 Å². The number of hydrogen-bond donors (Lipinski definition) is 0. The molecule has 0 aliphatic carbocycles. The molecule has 2 rings (SSSR count). The van der Waals surface area contributed by atoms with Crippen molar-refractivity contribution in [3.63, 3.8) is 0 Å². The highest BCUT2D eigenvalue weighted by molar-refractivity contribution is 6.35. The number of ether oxygens (including phenoxy) is 4. The van der Waals surface area contributed by atoms with Crippen molar-refractivity contribution in [1.29, 1.82) is 0 Å². The summed E-state index contributed by atoms with van der Waals surface area (Å²) in [5.41, 5.74) is 1.39. The van der Waals surface area contributed by atoms with Crippen LogP contribution in [-0.4, -0.2) is 48.3 Å². The third-order valence-electron chi connectivity index (χ3n) is 3.87. The fraction of sp³-hybridized carbons (Fsp3) is 0.667. The van der Waals surface area contributed by atoms with Gasteiger partial charge in [0.2, 0.25) is 0 Å². The Labute approximate surface area is 142 Å². The van der Waals surface area contributed by atoms with Gasteiger partial charge in [-0.2, -0.15) is 0 Å². The maximum atomic E-state index is 5.65. The van der Waals surface area contributed by atoms with Crippen LogP contribution in [0.4, 0.5) is 0 Å². The molecule has 1 aromatic carbocycles. The quantitative estimate of drug-likeness (QED) is 0.240. The highest BCUT2D eigenvalue weighted by Gasteiger charge is 2.22. The van der Waals surface area contributed by atoms with Crippen LogP contribution < -0.4 is 4.74 Å². The molecule has 0 bridgehead atoms. The highest BCUT2D eigenvalue weighted by Crippen LogP contribution is 2.17. The van der Waals surface area contributed by atoms with Crippen molar-refractivity contribution in [2.75, 3.05) is 26.4 Å². The Morgan fingerprint density at radius 1 is 1.17 bits per heavy atom. The van der Waals surface area contributed by atoms with E-state index in [-0.39, 0.29) is 15.8 Å². The Hall–Kier alpha value is -0.883. The number of hydrogen-bond acceptors (Lipinski definition) is 4. The number of aryl methyl sites for hydroxylation is 1. The van der Waals surface area contributed by atoms with Crippen LogP contribution >= 0.6 is 0 Å². The molecule has 0 saturated carbocycles. The normalized spacial score (nSPS) is 17.3. The lowest BCUT2D eigenvalue weighted by atomic mass is 10.1. The van der Waals surface area contributed by atoms with Gasteiger partial charge < -0.3 is 18.9 Å². The average molecular weight is 339 g/mol. The first-order valence-corrected chi connectivity index (χ1v) is 10.9. The van der Waals surface area contributed by atoms with Gasteiger partial charge in [-0.1, -0.05) is 24.6 Å². The molecule has 0 spiro atoms. The van der Waals surface area contributed by atoms with Crippen molar-refractivity contribution >= 4 is 9.52 Å². The van der Waals surface area contributed by atoms with Crippen molar-refractivity contribution in [3.8, 4) is 5.75 Å². The molecule has 1 saturated heterocycles. The second-order valence-electron chi connectivity index (χ2n) is 5.85. The van der Waals surface area contributed by atoms with Crippen molar-refractivity contribution in [2.45, 2.75) is 51.2 Å². The van der Waals surface area contributed by atoms with E-state index in [1.807, 2.05) is 13.8 Å². The van der Waals surface area contributed by atoms with E-state index in [9.17, 15) is 0 Å². The molecule has 1 aliphatic heterocycles. The van der Waals surface area contributed by atoms with E-state index < -0.39 is 0 Å². The summed E-state index contributed by atoms with van der Waals surface area (Å²) in [6.45, 7) is 7.04. The standard InChI is InChI=1S/C18H30O4Si/c1-3-19-18(20-4-2)14-23-11-5-6-15-7-9-16(10-8-15)21-12-17-13-22-17/h7-10,17-18H,3-6,11-14,23H2,1-2H3. The maximum absolute atomic E-state index is 5.65. The van der Waals surface area contributed by atoms with Crippen LogP contribution in [0.5, 0.6) is 5.75 Å². The average Bonchev–Trinajstić information content (AvgIpc) is 3.38. The fourth-order valence-electron chi connectivity index (χ4n) is 2.51. The summed E-state index contributed by atoms with van der Waals surface area (Å²) in [4.78, 5) is 0. The van der Waals surface area contributed by atoms with Crippen molar-refractivity contribution in [2.24, 2.45) is 0 Å². The smallest absolute Gasteiger partial charge is 0.154 e. The van der Waals surface area contributed by atoms with Gasteiger partial charge in [0, 0.05) is 22.7 Å². The molecule has 0 N–H and O–H groups in total. The van der Waals surface area contributed by atoms with Gasteiger partial charge in [-0.15, -0.1) is 0 Å². The molecule has 0 radical (unpaired) electrons. The summed E-state index contributed by atoms with van der Waals surface area (Å²) in [7, 11) is -0.0993. The molecule has 4 nitrogen and oxygen atoms in total. The van der Waals surface area contributed by atoms with E-state index in [1.165, 1.54) is 18.0 Å². The summed E-state index contributed by atoms with van der Waals surface area (Å²) in [6.07, 6.45) is 2.75. The van der Waals surface area contributed by atoms with Gasteiger partial charge in [-0.25, -0.2) is 0 Å². The van der Waals surface area contributed by atoms with Crippen LogP contribution in [0.15, 0.2) is 24.3 Å². The molecule has 1 aromatic rings. The lowest BCUT2D eigenvalue weighted by Gasteiger charge is -2.16. The molecule has 0 amide bonds. The van der Waals surface area contributed by atoms with E-state index in [0.29, 0.717) is 12.7 Å². The summed E-state index contributed by atoms with van der Waals surface area (Å²) in [5, 5.41) is 0. The van der Waals surface area contributed by atoms with Gasteiger partial charge >= 0.3 is 0 Å². The third-order valence-corrected chi connectivity index (χ3v) is 5.75. The van der Waals surface area contributed by atoms with Crippen molar-refractivity contribution in [1.82, 2.24) is 0 Å². The first-order chi connectivity index (χ1) is 11.3. The minimum atomic E-state index is -0.0993. The van der Waals surface area contributed by atoms with Gasteiger partial charge in [0.25, 0.3) is 0 Å². The van der Waals surface area contributed by atoms with E-state index >= 15 is 0 Å². The molecule has 1 heterocycles. The SMILES string of the molecule is CCOC(C[SiH2]CCCc1ccc(OCC2CO2)cc1)OCC. The number of epoxide rings is 1. The van der Waals surface area contributed by atoms with E-state index in [2.05, 4.69) is 24.3 Å². The highest BCUT2D eigenvalue weighted by atomic mass is 28.2. The zero-order valence-electron chi connectivity index (χ0n) is 14.5. The lowest BCUT2D eigenvalue weighted by Crippen LogP contribution is -2.19. The molecule has 23 heavy (non-hydrogen) atoms. The zero-order chi connectivity index (χ0) is 16.3. The molecule has 0 aromatic heterocycles. The molecule has 1 fully saturated rings. The monoisotopic (exact) mass is 338 g/mol. The Morgan fingerprint density at radius 3 is 2.48 bits per heavy atom. The molecule has 130 valence electrons. The number of rotatable bonds is 13. The Morgan fingerprint density at radius 2 is 1.87 bits per heavy atom. The molecule has 1 aliphatic rings. The Bertz CT molecular complexity index is 414. The minimum Gasteiger partial charge on any atom is -0.491 e. The zero-order valence-corrected chi connectivity index (χ0v) is 15.9. The van der Waals surface area contributed by atoms with Crippen LogP contribution in [-0.2, 0) is 20.6 Å². The summed E-state index contributed by atoms with van der Waals surface area (Å²) in [5.74, 6) is 0.940. The van der Waals surface area contributed by atoms with E-state index in [0.717, 1.165) is 38.0 Å². The summed E-state index contributed by atoms with van der Waals surface area (Å²) < 4.78 is 22.0. The van der Waals surface area contributed by atoms with Gasteiger partial charge in [0.15, 0.2) is 6.29 Å². The van der Waals surface area contributed by atoms with Crippen LogP contribution in [0.3, 0.4) is 0 Å². The predicted molar refractivity (Wildman–Crippen MR) is 95.2 cm³/mol. The molecule has 1 unspecified atom stereocenters. The topological polar surface area (TPSA) is 40.2 Å². The second kappa shape index (κ2) is 10.8. The predicted octanol–water partition coefficient (Wildman–Crippen LogP) is 2.80. The first-order valence-electron chi connectivity index (χ1n) is 8.88. The van der Waals surface area contributed by atoms with Gasteiger partial charge in [-0.05, 0) is 44.0 Å². The van der Waals surface area contributed by atoms with Gasteiger partial charge in [-0.3, -0.25) is 0 Å². The molecule has 1 atom stereocenters. The minimum absolute atomic E-state index is 0.0311. The van der Waals surface area contributed by atoms with E-state index in [1.54, 1.807) is 0 Å². The van der Waals surface area contributed by atoms with Crippen molar-refractivity contribution < 1.29 is 18.9 Å². The lowest BCUT2D eigenvalue weighted by molar-refractivity contribution is -0.123. The molecular weight excluding hydrogens is 308 g/mol. The fourth-order valence-corrected chi connectivity index (χ4v) is 4.07. The Kier molecular flexibility index (Phi) is 8.67. The largest absolute Gasteiger partial charge is 0.491 e. The van der Waals surface area contributed by atoms with E-state index in [4.69, 9.17) is 18.9 Å². The van der Waals surface area contributed by atoms with Crippen LogP contribution in [0, 0.1) is 0 Å². The maximum Gasteiger partial charge on any atom is 0.154 e. The van der Waals surface area contributed by atoms with Gasteiger partial charge in [0.1, 0.15) is 18.5 Å². The van der Waals surface area contributed by atoms with Crippen LogP contribution in [0.25, 0.3) is 0 Å². The van der Waals surface area contributed by atoms with Crippen LogP contribution in [0.2, 0.25) is 12.1 Å². The summed E-state index contributed by atoms with van der Waals surface area (Å²) >= 11 is 0. The number of benzene rings is 1. The van der Waals surface area contributed by atoms with Crippen molar-refractivity contribution in [3.05, 3.63) is 29.8 Å². The molecule has 5 heteroatoms. The van der Waals surface area contributed by atoms with Gasteiger partial charge in [0.05, 0.1) is 6.61 Å². The Balaban J connectivity index is 1.56.